The van der Waals surface area contributed by atoms with E-state index in [4.69, 9.17) is 14.2 Å². The van der Waals surface area contributed by atoms with Crippen LogP contribution in [-0.4, -0.2) is 32.3 Å². The Hall–Kier alpha value is -3.30. The van der Waals surface area contributed by atoms with E-state index in [-0.39, 0.29) is 17.1 Å². The third kappa shape index (κ3) is 6.84. The van der Waals surface area contributed by atoms with Gasteiger partial charge in [0.05, 0.1) is 13.2 Å². The highest BCUT2D eigenvalue weighted by Gasteiger charge is 2.18. The van der Waals surface area contributed by atoms with Crippen molar-refractivity contribution in [3.05, 3.63) is 64.7 Å². The van der Waals surface area contributed by atoms with Gasteiger partial charge in [-0.15, -0.1) is 0 Å². The lowest BCUT2D eigenvalue weighted by atomic mass is 9.87. The van der Waals surface area contributed by atoms with Crippen molar-refractivity contribution in [2.75, 3.05) is 20.3 Å². The zero-order valence-electron chi connectivity index (χ0n) is 19.8. The first kappa shape index (κ1) is 24.3. The standard InChI is InChI=1S/C27H32N2O4/c1-27(2,3)22-8-10-23(11-9-22)33-18-21-15-19(7-12-25(21)31-4)14-20(16-28)26(30)29-17-24-6-5-13-32-24/h7-12,14-15,24H,5-6,13,17-18H2,1-4H3,(H,29,30)/b20-14-/t24-/m0/s1. The summed E-state index contributed by atoms with van der Waals surface area (Å²) in [6.45, 7) is 7.94. The lowest BCUT2D eigenvalue weighted by molar-refractivity contribution is -0.117. The number of rotatable bonds is 8. The first-order valence-corrected chi connectivity index (χ1v) is 11.2. The van der Waals surface area contributed by atoms with Gasteiger partial charge in [-0.1, -0.05) is 39.0 Å². The molecule has 174 valence electrons. The van der Waals surface area contributed by atoms with Crippen molar-refractivity contribution in [1.82, 2.24) is 5.32 Å². The predicted molar refractivity (Wildman–Crippen MR) is 128 cm³/mol. The number of carbonyl (C=O) groups is 1. The molecule has 1 aliphatic heterocycles. The Bertz CT molecular complexity index is 1020. The summed E-state index contributed by atoms with van der Waals surface area (Å²) in [5.74, 6) is 1.04. The molecule has 0 aromatic heterocycles. The second kappa shape index (κ2) is 11.0. The van der Waals surface area contributed by atoms with E-state index < -0.39 is 5.91 Å². The molecule has 0 unspecified atom stereocenters. The van der Waals surface area contributed by atoms with E-state index in [0.717, 1.165) is 36.3 Å². The topological polar surface area (TPSA) is 80.6 Å². The molecule has 1 fully saturated rings. The predicted octanol–water partition coefficient (Wildman–Crippen LogP) is 4.77. The summed E-state index contributed by atoms with van der Waals surface area (Å²) in [6, 6.07) is 15.5. The van der Waals surface area contributed by atoms with E-state index >= 15 is 0 Å². The molecule has 1 amide bonds. The lowest BCUT2D eigenvalue weighted by Crippen LogP contribution is -2.32. The molecule has 1 N–H and O–H groups in total. The molecule has 2 aromatic carbocycles. The van der Waals surface area contributed by atoms with Crippen LogP contribution in [0.3, 0.4) is 0 Å². The van der Waals surface area contributed by atoms with Gasteiger partial charge in [0, 0.05) is 18.7 Å². The molecule has 33 heavy (non-hydrogen) atoms. The maximum Gasteiger partial charge on any atom is 0.262 e. The van der Waals surface area contributed by atoms with Gasteiger partial charge >= 0.3 is 0 Å². The minimum atomic E-state index is -0.402. The first-order chi connectivity index (χ1) is 15.8. The summed E-state index contributed by atoms with van der Waals surface area (Å²) >= 11 is 0. The number of nitrogens with one attached hydrogen (secondary N) is 1. The summed E-state index contributed by atoms with van der Waals surface area (Å²) in [7, 11) is 1.60. The molecule has 0 radical (unpaired) electrons. The maximum atomic E-state index is 12.4. The van der Waals surface area contributed by atoms with Gasteiger partial charge in [-0.2, -0.15) is 5.26 Å². The number of hydrogen-bond donors (Lipinski definition) is 1. The van der Waals surface area contributed by atoms with Crippen LogP contribution in [0.1, 0.15) is 50.3 Å². The number of benzene rings is 2. The van der Waals surface area contributed by atoms with E-state index in [0.29, 0.717) is 18.9 Å². The molecule has 6 heteroatoms. The van der Waals surface area contributed by atoms with E-state index in [9.17, 15) is 10.1 Å². The van der Waals surface area contributed by atoms with Crippen LogP contribution in [0.2, 0.25) is 0 Å². The largest absolute Gasteiger partial charge is 0.496 e. The number of nitrogens with zero attached hydrogens (tertiary/aromatic N) is 1. The fraction of sp³-hybridized carbons (Fsp3) is 0.407. The summed E-state index contributed by atoms with van der Waals surface area (Å²) in [6.07, 6.45) is 3.52. The maximum absolute atomic E-state index is 12.4. The van der Waals surface area contributed by atoms with Crippen molar-refractivity contribution in [3.8, 4) is 17.6 Å². The molecule has 1 saturated heterocycles. The minimum absolute atomic E-state index is 0.0242. The molecule has 1 atom stereocenters. The fourth-order valence-corrected chi connectivity index (χ4v) is 3.64. The van der Waals surface area contributed by atoms with Gasteiger partial charge in [0.1, 0.15) is 29.7 Å². The van der Waals surface area contributed by atoms with Crippen molar-refractivity contribution in [2.24, 2.45) is 0 Å². The third-order valence-corrected chi connectivity index (χ3v) is 5.61. The molecule has 0 aliphatic carbocycles. The van der Waals surface area contributed by atoms with Gasteiger partial charge in [0.15, 0.2) is 0 Å². The van der Waals surface area contributed by atoms with Crippen molar-refractivity contribution in [1.29, 1.82) is 5.26 Å². The SMILES string of the molecule is COc1ccc(/C=C(/C#N)C(=O)NC[C@@H]2CCCO2)cc1COc1ccc(C(C)(C)C)cc1. The fourth-order valence-electron chi connectivity index (χ4n) is 3.64. The average Bonchev–Trinajstić information content (AvgIpc) is 3.33. The quantitative estimate of drug-likeness (QED) is 0.465. The number of hydrogen-bond acceptors (Lipinski definition) is 5. The number of methoxy groups -OCH3 is 1. The molecule has 0 bridgehead atoms. The summed E-state index contributed by atoms with van der Waals surface area (Å²) < 4.78 is 17.0. The Balaban J connectivity index is 1.69. The highest BCUT2D eigenvalue weighted by atomic mass is 16.5. The summed E-state index contributed by atoms with van der Waals surface area (Å²) in [5, 5.41) is 12.3. The molecule has 0 saturated carbocycles. The number of carbonyl (C=O) groups excluding carboxylic acids is 1. The molecular weight excluding hydrogens is 416 g/mol. The van der Waals surface area contributed by atoms with E-state index in [2.05, 4.69) is 38.2 Å². The van der Waals surface area contributed by atoms with E-state index in [1.54, 1.807) is 13.2 Å². The summed E-state index contributed by atoms with van der Waals surface area (Å²) in [4.78, 5) is 12.4. The first-order valence-electron chi connectivity index (χ1n) is 11.2. The smallest absolute Gasteiger partial charge is 0.262 e. The zero-order chi connectivity index (χ0) is 23.8. The van der Waals surface area contributed by atoms with Gasteiger partial charge in [-0.3, -0.25) is 4.79 Å². The molecule has 3 rings (SSSR count). The van der Waals surface area contributed by atoms with E-state index in [1.165, 1.54) is 5.56 Å². The number of nitriles is 1. The van der Waals surface area contributed by atoms with Crippen LogP contribution in [0.4, 0.5) is 0 Å². The number of amides is 1. The van der Waals surface area contributed by atoms with Crippen molar-refractivity contribution < 1.29 is 19.0 Å². The zero-order valence-corrected chi connectivity index (χ0v) is 19.8. The molecule has 1 heterocycles. The van der Waals surface area contributed by atoms with Crippen LogP contribution in [0.15, 0.2) is 48.0 Å². The Morgan fingerprint density at radius 2 is 2.00 bits per heavy atom. The van der Waals surface area contributed by atoms with Crippen molar-refractivity contribution in [2.45, 2.75) is 51.7 Å². The second-order valence-electron chi connectivity index (χ2n) is 9.15. The molecule has 6 nitrogen and oxygen atoms in total. The van der Waals surface area contributed by atoms with Crippen LogP contribution in [-0.2, 0) is 21.6 Å². The normalized spacial score (nSPS) is 16.2. The van der Waals surface area contributed by atoms with Crippen molar-refractivity contribution >= 4 is 12.0 Å². The lowest BCUT2D eigenvalue weighted by Gasteiger charge is -2.19. The van der Waals surface area contributed by atoms with Gasteiger partial charge in [-0.25, -0.2) is 0 Å². The monoisotopic (exact) mass is 448 g/mol. The van der Waals surface area contributed by atoms with E-state index in [1.807, 2.05) is 36.4 Å². The molecule has 2 aromatic rings. The Labute approximate surface area is 196 Å². The summed E-state index contributed by atoms with van der Waals surface area (Å²) in [5.41, 5.74) is 2.91. The van der Waals surface area contributed by atoms with Crippen LogP contribution in [0.5, 0.6) is 11.5 Å². The second-order valence-corrected chi connectivity index (χ2v) is 9.15. The third-order valence-electron chi connectivity index (χ3n) is 5.61. The molecule has 0 spiro atoms. The van der Waals surface area contributed by atoms with Gasteiger partial charge in [0.2, 0.25) is 0 Å². The highest BCUT2D eigenvalue weighted by molar-refractivity contribution is 6.01. The Kier molecular flexibility index (Phi) is 8.13. The molecule has 1 aliphatic rings. The van der Waals surface area contributed by atoms with Crippen molar-refractivity contribution in [3.63, 3.8) is 0 Å². The highest BCUT2D eigenvalue weighted by Crippen LogP contribution is 2.26. The number of ether oxygens (including phenoxy) is 3. The average molecular weight is 449 g/mol. The van der Waals surface area contributed by atoms with Crippen LogP contribution in [0.25, 0.3) is 6.08 Å². The molecular formula is C27H32N2O4. The van der Waals surface area contributed by atoms with Gasteiger partial charge in [-0.05, 0) is 59.7 Å². The Morgan fingerprint density at radius 3 is 2.61 bits per heavy atom. The van der Waals surface area contributed by atoms with Gasteiger partial charge in [0.25, 0.3) is 5.91 Å². The van der Waals surface area contributed by atoms with Gasteiger partial charge < -0.3 is 19.5 Å². The Morgan fingerprint density at radius 1 is 1.24 bits per heavy atom. The minimum Gasteiger partial charge on any atom is -0.496 e. The van der Waals surface area contributed by atoms with Crippen LogP contribution in [0, 0.1) is 11.3 Å². The van der Waals surface area contributed by atoms with Crippen LogP contribution >= 0.6 is 0 Å². The van der Waals surface area contributed by atoms with Crippen LogP contribution < -0.4 is 14.8 Å².